The molecule has 0 aromatic carbocycles. The van der Waals surface area contributed by atoms with Crippen LogP contribution in [-0.2, 0) is 6.42 Å². The van der Waals surface area contributed by atoms with Gasteiger partial charge in [0.1, 0.15) is 18.0 Å². The van der Waals surface area contributed by atoms with Crippen LogP contribution in [0.15, 0.2) is 18.5 Å². The van der Waals surface area contributed by atoms with Gasteiger partial charge < -0.3 is 10.2 Å². The molecule has 0 amide bonds. The van der Waals surface area contributed by atoms with Gasteiger partial charge in [-0.05, 0) is 51.2 Å². The van der Waals surface area contributed by atoms with Crippen molar-refractivity contribution in [2.45, 2.75) is 45.4 Å². The molecule has 2 aromatic rings. The Hall–Kier alpha value is -2.17. The Morgan fingerprint density at radius 1 is 1.12 bits per heavy atom. The molecule has 24 heavy (non-hydrogen) atoms. The van der Waals surface area contributed by atoms with Crippen molar-refractivity contribution in [2.24, 2.45) is 0 Å². The lowest BCUT2D eigenvalue weighted by atomic mass is 9.92. The average Bonchev–Trinajstić information content (AvgIpc) is 2.64. The zero-order chi connectivity index (χ0) is 16.5. The molecule has 1 N–H and O–H groups in total. The van der Waals surface area contributed by atoms with Crippen molar-refractivity contribution in [2.75, 3.05) is 29.9 Å². The molecule has 5 nitrogen and oxygen atoms in total. The van der Waals surface area contributed by atoms with Crippen LogP contribution in [0.3, 0.4) is 0 Å². The van der Waals surface area contributed by atoms with Crippen LogP contribution in [-0.4, -0.2) is 34.6 Å². The fraction of sp³-hybridized carbons (Fsp3) is 0.526. The maximum atomic E-state index is 4.91. The van der Waals surface area contributed by atoms with Crippen molar-refractivity contribution in [3.8, 4) is 0 Å². The lowest BCUT2D eigenvalue weighted by Gasteiger charge is -2.33. The first-order valence-corrected chi connectivity index (χ1v) is 8.99. The highest BCUT2D eigenvalue weighted by molar-refractivity contribution is 5.49. The van der Waals surface area contributed by atoms with Gasteiger partial charge >= 0.3 is 0 Å². The number of pyridine rings is 1. The third-order valence-electron chi connectivity index (χ3n) is 5.44. The molecule has 0 aliphatic carbocycles. The first-order valence-electron chi connectivity index (χ1n) is 8.99. The van der Waals surface area contributed by atoms with Gasteiger partial charge in [0.15, 0.2) is 0 Å². The van der Waals surface area contributed by atoms with Gasteiger partial charge in [-0.3, -0.25) is 0 Å². The van der Waals surface area contributed by atoms with E-state index in [0.717, 1.165) is 56.2 Å². The Labute approximate surface area is 143 Å². The van der Waals surface area contributed by atoms with Crippen LogP contribution in [0.4, 0.5) is 11.6 Å². The molecule has 0 saturated carbocycles. The Kier molecular flexibility index (Phi) is 4.08. The highest BCUT2D eigenvalue weighted by Crippen LogP contribution is 2.32. The summed E-state index contributed by atoms with van der Waals surface area (Å²) >= 11 is 0. The minimum atomic E-state index is 0.554. The average molecular weight is 323 g/mol. The van der Waals surface area contributed by atoms with Gasteiger partial charge in [0.2, 0.25) is 0 Å². The van der Waals surface area contributed by atoms with Crippen LogP contribution in [0, 0.1) is 13.8 Å². The monoisotopic (exact) mass is 323 g/mol. The van der Waals surface area contributed by atoms with E-state index in [1.165, 1.54) is 23.2 Å². The molecule has 0 bridgehead atoms. The minimum Gasteiger partial charge on any atom is -0.370 e. The third kappa shape index (κ3) is 2.83. The van der Waals surface area contributed by atoms with Crippen molar-refractivity contribution in [1.29, 1.82) is 0 Å². The van der Waals surface area contributed by atoms with Crippen LogP contribution in [0.1, 0.15) is 47.7 Å². The molecule has 0 atom stereocenters. The summed E-state index contributed by atoms with van der Waals surface area (Å²) in [6, 6.07) is 4.51. The maximum absolute atomic E-state index is 4.91. The summed E-state index contributed by atoms with van der Waals surface area (Å²) < 4.78 is 0. The molecular weight excluding hydrogens is 298 g/mol. The number of aromatic nitrogens is 3. The molecule has 0 radical (unpaired) electrons. The van der Waals surface area contributed by atoms with Gasteiger partial charge in [0.05, 0.1) is 0 Å². The van der Waals surface area contributed by atoms with Gasteiger partial charge in [-0.2, -0.15) is 0 Å². The van der Waals surface area contributed by atoms with Gasteiger partial charge in [-0.25, -0.2) is 15.0 Å². The van der Waals surface area contributed by atoms with Crippen molar-refractivity contribution < 1.29 is 0 Å². The highest BCUT2D eigenvalue weighted by atomic mass is 15.2. The topological polar surface area (TPSA) is 53.9 Å². The van der Waals surface area contributed by atoms with E-state index in [1.807, 2.05) is 0 Å². The number of nitrogens with one attached hydrogen (secondary N) is 1. The van der Waals surface area contributed by atoms with Crippen LogP contribution >= 0.6 is 0 Å². The summed E-state index contributed by atoms with van der Waals surface area (Å²) in [5.74, 6) is 2.77. The second-order valence-corrected chi connectivity index (χ2v) is 6.94. The normalized spacial score (nSPS) is 18.2. The van der Waals surface area contributed by atoms with Gasteiger partial charge in [-0.15, -0.1) is 0 Å². The summed E-state index contributed by atoms with van der Waals surface area (Å²) in [6.07, 6.45) is 6.31. The number of hydrogen-bond donors (Lipinski definition) is 1. The van der Waals surface area contributed by atoms with E-state index in [2.05, 4.69) is 46.2 Å². The van der Waals surface area contributed by atoms with Crippen LogP contribution in [0.5, 0.6) is 0 Å². The Morgan fingerprint density at radius 3 is 2.79 bits per heavy atom. The smallest absolute Gasteiger partial charge is 0.135 e. The van der Waals surface area contributed by atoms with Gasteiger partial charge in [0, 0.05) is 42.5 Å². The van der Waals surface area contributed by atoms with E-state index in [1.54, 1.807) is 6.33 Å². The molecule has 4 heterocycles. The number of anilines is 2. The predicted molar refractivity (Wildman–Crippen MR) is 96.7 cm³/mol. The number of rotatable bonds is 2. The van der Waals surface area contributed by atoms with E-state index in [0.29, 0.717) is 5.92 Å². The number of hydrogen-bond acceptors (Lipinski definition) is 5. The van der Waals surface area contributed by atoms with E-state index in [9.17, 15) is 0 Å². The molecule has 0 spiro atoms. The SMILES string of the molecule is Cc1ncnc(N2CCC(c3ccc4c(n3)NCCC4)CC2)c1C. The third-order valence-corrected chi connectivity index (χ3v) is 5.44. The molecule has 2 aliphatic rings. The Bertz CT molecular complexity index is 735. The fourth-order valence-corrected chi connectivity index (χ4v) is 3.80. The molecular formula is C19H25N5. The second-order valence-electron chi connectivity index (χ2n) is 6.94. The van der Waals surface area contributed by atoms with Gasteiger partial charge in [0.25, 0.3) is 0 Å². The van der Waals surface area contributed by atoms with E-state index >= 15 is 0 Å². The summed E-state index contributed by atoms with van der Waals surface area (Å²) in [7, 11) is 0. The van der Waals surface area contributed by atoms with E-state index in [-0.39, 0.29) is 0 Å². The predicted octanol–water partition coefficient (Wildman–Crippen LogP) is 3.23. The largest absolute Gasteiger partial charge is 0.370 e. The maximum Gasteiger partial charge on any atom is 0.135 e. The molecule has 2 aliphatic heterocycles. The summed E-state index contributed by atoms with van der Waals surface area (Å²) in [6.45, 7) is 7.29. The zero-order valence-corrected chi connectivity index (χ0v) is 14.5. The number of nitrogens with zero attached hydrogens (tertiary/aromatic N) is 4. The number of fused-ring (bicyclic) bond motifs is 1. The molecule has 1 saturated heterocycles. The highest BCUT2D eigenvalue weighted by Gasteiger charge is 2.24. The Morgan fingerprint density at radius 2 is 1.96 bits per heavy atom. The van der Waals surface area contributed by atoms with Crippen molar-refractivity contribution in [1.82, 2.24) is 15.0 Å². The van der Waals surface area contributed by atoms with Crippen molar-refractivity contribution >= 4 is 11.6 Å². The first-order chi connectivity index (χ1) is 11.7. The van der Waals surface area contributed by atoms with Crippen LogP contribution in [0.2, 0.25) is 0 Å². The molecule has 1 fully saturated rings. The summed E-state index contributed by atoms with van der Waals surface area (Å²) in [5, 5.41) is 3.45. The lowest BCUT2D eigenvalue weighted by molar-refractivity contribution is 0.492. The van der Waals surface area contributed by atoms with Crippen LogP contribution in [0.25, 0.3) is 0 Å². The molecule has 126 valence electrons. The second kappa shape index (κ2) is 6.38. The van der Waals surface area contributed by atoms with Gasteiger partial charge in [-0.1, -0.05) is 6.07 Å². The standard InChI is InChI=1S/C19H25N5/c1-13-14(2)21-12-22-19(13)24-10-7-15(8-11-24)17-6-5-16-4-3-9-20-18(16)23-17/h5-6,12,15H,3-4,7-11H2,1-2H3,(H,20,23). The molecule has 4 rings (SSSR count). The quantitative estimate of drug-likeness (QED) is 0.919. The summed E-state index contributed by atoms with van der Waals surface area (Å²) in [5.41, 5.74) is 4.89. The number of aryl methyl sites for hydroxylation is 2. The number of piperidine rings is 1. The molecule has 5 heteroatoms. The molecule has 0 unspecified atom stereocenters. The Balaban J connectivity index is 1.47. The minimum absolute atomic E-state index is 0.554. The van der Waals surface area contributed by atoms with Crippen molar-refractivity contribution in [3.05, 3.63) is 41.0 Å². The zero-order valence-electron chi connectivity index (χ0n) is 14.5. The van der Waals surface area contributed by atoms with E-state index in [4.69, 9.17) is 4.98 Å². The van der Waals surface area contributed by atoms with Crippen molar-refractivity contribution in [3.63, 3.8) is 0 Å². The first kappa shape index (κ1) is 15.4. The lowest BCUT2D eigenvalue weighted by Crippen LogP contribution is -2.34. The molecule has 2 aromatic heterocycles. The van der Waals surface area contributed by atoms with Crippen LogP contribution < -0.4 is 10.2 Å². The van der Waals surface area contributed by atoms with E-state index < -0.39 is 0 Å². The fourth-order valence-electron chi connectivity index (χ4n) is 3.80. The summed E-state index contributed by atoms with van der Waals surface area (Å²) in [4.78, 5) is 16.1.